The summed E-state index contributed by atoms with van der Waals surface area (Å²) in [5, 5.41) is 14.4. The van der Waals surface area contributed by atoms with Gasteiger partial charge in [-0.3, -0.25) is 29.4 Å². The number of amidine groups is 1. The van der Waals surface area contributed by atoms with Crippen molar-refractivity contribution in [1.82, 2.24) is 10.2 Å². The Morgan fingerprint density at radius 3 is 2.33 bits per heavy atom. The fourth-order valence-electron chi connectivity index (χ4n) is 5.70. The van der Waals surface area contributed by atoms with E-state index in [0.717, 1.165) is 22.9 Å². The average Bonchev–Trinajstić information content (AvgIpc) is 3.19. The van der Waals surface area contributed by atoms with Crippen LogP contribution in [0.1, 0.15) is 40.8 Å². The van der Waals surface area contributed by atoms with Crippen LogP contribution >= 0.6 is 27.7 Å². The summed E-state index contributed by atoms with van der Waals surface area (Å²) in [4.78, 5) is 57.7. The number of hydrogen-bond donors (Lipinski definition) is 1. The van der Waals surface area contributed by atoms with E-state index in [2.05, 4.69) is 39.4 Å². The largest absolute Gasteiger partial charge is 0.487 e. The fraction of sp³-hybridized carbons (Fsp3) is 0.116. The number of aliphatic imine (C=N–C) groups is 1. The van der Waals surface area contributed by atoms with Gasteiger partial charge in [0.2, 0.25) is 5.91 Å². The zero-order chi connectivity index (χ0) is 39.3. The summed E-state index contributed by atoms with van der Waals surface area (Å²) in [6.07, 6.45) is 10.1. The summed E-state index contributed by atoms with van der Waals surface area (Å²) >= 11 is 4.55. The number of nitro benzene ring substituents is 1. The highest BCUT2D eigenvalue weighted by Crippen LogP contribution is 2.34. The van der Waals surface area contributed by atoms with Crippen molar-refractivity contribution in [2.24, 2.45) is 4.99 Å². The minimum atomic E-state index is -0.758. The molecule has 1 aliphatic rings. The Morgan fingerprint density at radius 2 is 1.71 bits per heavy atom. The van der Waals surface area contributed by atoms with E-state index in [1.807, 2.05) is 60.7 Å². The summed E-state index contributed by atoms with van der Waals surface area (Å²) in [7, 11) is 0. The number of thioether (sulfide) groups is 1. The van der Waals surface area contributed by atoms with Gasteiger partial charge in [0.05, 0.1) is 21.2 Å². The lowest BCUT2D eigenvalue weighted by atomic mass is 9.99. The van der Waals surface area contributed by atoms with Gasteiger partial charge in [0.25, 0.3) is 17.5 Å². The molecule has 1 heterocycles. The van der Waals surface area contributed by atoms with Crippen LogP contribution in [0.4, 0.5) is 5.69 Å². The molecule has 3 amide bonds. The number of halogens is 1. The molecule has 0 atom stereocenters. The first-order valence-electron chi connectivity index (χ1n) is 17.1. The molecule has 0 saturated heterocycles. The number of ether oxygens (including phenoxy) is 1. The summed E-state index contributed by atoms with van der Waals surface area (Å²) in [5.74, 6) is -1.33. The third kappa shape index (κ3) is 10.3. The van der Waals surface area contributed by atoms with Crippen molar-refractivity contribution in [2.45, 2.75) is 26.0 Å². The maximum absolute atomic E-state index is 14.2. The number of non-ortho nitro benzene ring substituents is 1. The number of carbonyl (C=O) groups excluding carboxylic acids is 3. The molecule has 4 aromatic carbocycles. The van der Waals surface area contributed by atoms with Crippen LogP contribution in [-0.2, 0) is 27.4 Å². The molecule has 1 aliphatic heterocycles. The van der Waals surface area contributed by atoms with Crippen LogP contribution in [0.25, 0.3) is 6.08 Å². The smallest absolute Gasteiger partial charge is 0.285 e. The fourth-order valence-corrected chi connectivity index (χ4v) is 7.14. The van der Waals surface area contributed by atoms with E-state index in [1.54, 1.807) is 61.6 Å². The molecule has 55 heavy (non-hydrogen) atoms. The number of nitro groups is 1. The van der Waals surface area contributed by atoms with Crippen molar-refractivity contribution in [3.05, 3.63) is 194 Å². The second-order valence-corrected chi connectivity index (χ2v) is 13.8. The quantitative estimate of drug-likeness (QED) is 0.0316. The van der Waals surface area contributed by atoms with Gasteiger partial charge in [-0.2, -0.15) is 4.99 Å². The van der Waals surface area contributed by atoms with Gasteiger partial charge >= 0.3 is 0 Å². The number of benzene rings is 4. The van der Waals surface area contributed by atoms with Gasteiger partial charge in [-0.1, -0.05) is 115 Å². The van der Waals surface area contributed by atoms with E-state index in [-0.39, 0.29) is 34.7 Å². The van der Waals surface area contributed by atoms with Gasteiger partial charge in [0.1, 0.15) is 17.9 Å². The molecule has 0 radical (unpaired) electrons. The maximum Gasteiger partial charge on any atom is 0.285 e. The lowest BCUT2D eigenvalue weighted by molar-refractivity contribution is -0.384. The van der Waals surface area contributed by atoms with E-state index in [4.69, 9.17) is 4.74 Å². The minimum absolute atomic E-state index is 0.0439. The van der Waals surface area contributed by atoms with Gasteiger partial charge in [-0.25, -0.2) is 0 Å². The van der Waals surface area contributed by atoms with Crippen molar-refractivity contribution >= 4 is 62.3 Å². The maximum atomic E-state index is 14.2. The van der Waals surface area contributed by atoms with Crippen molar-refractivity contribution in [3.8, 4) is 5.75 Å². The first-order valence-corrected chi connectivity index (χ1v) is 18.9. The minimum Gasteiger partial charge on any atom is -0.487 e. The normalized spacial score (nSPS) is 13.9. The SMILES string of the molecule is C=C/C=C\C(=C/C)N1C(=O)/C(=C/c2cc(Br)c(OCc3cccc([N+](=O)[O-])c3)c(CC=C)c2)C(=O)N=C1SCC(=O)NC(c1ccccc1)c1ccccc1. The van der Waals surface area contributed by atoms with E-state index in [0.29, 0.717) is 39.0 Å². The van der Waals surface area contributed by atoms with E-state index < -0.39 is 22.8 Å². The Hall–Kier alpha value is -6.11. The van der Waals surface area contributed by atoms with Crippen LogP contribution < -0.4 is 10.1 Å². The Labute approximate surface area is 332 Å². The van der Waals surface area contributed by atoms with Crippen LogP contribution in [0.5, 0.6) is 5.75 Å². The van der Waals surface area contributed by atoms with Gasteiger partial charge in [0, 0.05) is 17.8 Å². The Bertz CT molecular complexity index is 2190. The molecule has 12 heteroatoms. The highest BCUT2D eigenvalue weighted by molar-refractivity contribution is 9.10. The molecule has 0 fully saturated rings. The first kappa shape index (κ1) is 40.1. The van der Waals surface area contributed by atoms with Crippen molar-refractivity contribution in [3.63, 3.8) is 0 Å². The van der Waals surface area contributed by atoms with Crippen molar-refractivity contribution in [2.75, 3.05) is 5.75 Å². The number of amides is 3. The molecule has 4 aromatic rings. The molecular weight excluding hydrogens is 780 g/mol. The molecule has 0 saturated carbocycles. The number of hydrogen-bond acceptors (Lipinski definition) is 7. The highest BCUT2D eigenvalue weighted by Gasteiger charge is 2.35. The van der Waals surface area contributed by atoms with Crippen LogP contribution in [0.2, 0.25) is 0 Å². The molecule has 5 rings (SSSR count). The zero-order valence-corrected chi connectivity index (χ0v) is 32.3. The molecule has 0 aliphatic carbocycles. The van der Waals surface area contributed by atoms with E-state index >= 15 is 0 Å². The topological polar surface area (TPSA) is 131 Å². The molecule has 10 nitrogen and oxygen atoms in total. The third-order valence-electron chi connectivity index (χ3n) is 8.24. The summed E-state index contributed by atoms with van der Waals surface area (Å²) in [6, 6.07) is 28.4. The molecule has 0 spiro atoms. The van der Waals surface area contributed by atoms with Gasteiger partial charge < -0.3 is 10.1 Å². The predicted molar refractivity (Wildman–Crippen MR) is 221 cm³/mol. The summed E-state index contributed by atoms with van der Waals surface area (Å²) in [5.41, 5.74) is 3.83. The monoisotopic (exact) mass is 816 g/mol. The molecule has 0 aromatic heterocycles. The van der Waals surface area contributed by atoms with Crippen LogP contribution in [0, 0.1) is 10.1 Å². The Morgan fingerprint density at radius 1 is 1.02 bits per heavy atom. The average molecular weight is 818 g/mol. The Balaban J connectivity index is 1.42. The number of nitrogens with one attached hydrogen (secondary N) is 1. The Kier molecular flexibility index (Phi) is 14.1. The zero-order valence-electron chi connectivity index (χ0n) is 29.9. The molecule has 0 bridgehead atoms. The standard InChI is InChI=1S/C43H37BrN4O6S/c1-4-7-21-34(6-3)47-42(51)36(25-30-23-33(15-5-2)40(37(44)26-30)54-27-29-16-14-22-35(24-29)48(52)53)41(50)46-43(47)55-28-38(49)45-39(31-17-10-8-11-18-31)32-19-12-9-13-20-32/h4-14,16-26,39H,1-2,15,27-28H2,3H3,(H,45,49)/b21-7-,34-6+,36-25+. The predicted octanol–water partition coefficient (Wildman–Crippen LogP) is 9.06. The van der Waals surface area contributed by atoms with Gasteiger partial charge in [-0.15, -0.1) is 6.58 Å². The first-order chi connectivity index (χ1) is 26.6. The molecule has 1 N–H and O–H groups in total. The number of allylic oxidation sites excluding steroid dienone is 5. The lowest BCUT2D eigenvalue weighted by Crippen LogP contribution is -2.42. The number of nitrogens with zero attached hydrogens (tertiary/aromatic N) is 3. The van der Waals surface area contributed by atoms with Crippen molar-refractivity contribution < 1.29 is 24.0 Å². The molecule has 0 unspecified atom stereocenters. The van der Waals surface area contributed by atoms with Gasteiger partial charge in [0.15, 0.2) is 5.17 Å². The highest BCUT2D eigenvalue weighted by atomic mass is 79.9. The lowest BCUT2D eigenvalue weighted by Gasteiger charge is -2.28. The third-order valence-corrected chi connectivity index (χ3v) is 9.76. The van der Waals surface area contributed by atoms with Crippen molar-refractivity contribution in [1.29, 1.82) is 0 Å². The summed E-state index contributed by atoms with van der Waals surface area (Å²) in [6.45, 7) is 9.39. The molecule has 278 valence electrons. The van der Waals surface area contributed by atoms with Crippen LogP contribution in [0.3, 0.4) is 0 Å². The van der Waals surface area contributed by atoms with Gasteiger partial charge in [-0.05, 0) is 81.4 Å². The number of carbonyl (C=O) groups is 3. The number of rotatable bonds is 15. The van der Waals surface area contributed by atoms with E-state index in [9.17, 15) is 24.5 Å². The van der Waals surface area contributed by atoms with E-state index in [1.165, 1.54) is 23.1 Å². The second-order valence-electron chi connectivity index (χ2n) is 12.0. The van der Waals surface area contributed by atoms with Crippen LogP contribution in [-0.4, -0.2) is 38.5 Å². The second kappa shape index (κ2) is 19.3. The molecular formula is C43H37BrN4O6S. The van der Waals surface area contributed by atoms with Crippen LogP contribution in [0.15, 0.2) is 161 Å². The summed E-state index contributed by atoms with van der Waals surface area (Å²) < 4.78 is 6.64.